The minimum atomic E-state index is -0.323. The summed E-state index contributed by atoms with van der Waals surface area (Å²) >= 11 is 0. The van der Waals surface area contributed by atoms with Crippen molar-refractivity contribution in [1.29, 1.82) is 0 Å². The molecule has 6 nitrogen and oxygen atoms in total. The fourth-order valence-corrected chi connectivity index (χ4v) is 2.32. The highest BCUT2D eigenvalue weighted by Gasteiger charge is 2.26. The summed E-state index contributed by atoms with van der Waals surface area (Å²) in [5.74, 6) is -0.174. The van der Waals surface area contributed by atoms with Gasteiger partial charge < -0.3 is 20.1 Å². The topological polar surface area (TPSA) is 76.7 Å². The van der Waals surface area contributed by atoms with Crippen LogP contribution in [-0.4, -0.2) is 49.8 Å². The van der Waals surface area contributed by atoms with Crippen molar-refractivity contribution in [1.82, 2.24) is 10.6 Å². The summed E-state index contributed by atoms with van der Waals surface area (Å²) in [6.45, 7) is 3.59. The van der Waals surface area contributed by atoms with Crippen molar-refractivity contribution in [3.63, 3.8) is 0 Å². The number of hydrogen-bond donors (Lipinski definition) is 2. The minimum absolute atomic E-state index is 0.0867. The smallest absolute Gasteiger partial charge is 0.249 e. The molecule has 2 heterocycles. The standard InChI is InChI=1S/C13H22N2O4/c1-9(15-13(17)11-5-3-7-19-11)8-14-12(16)10-4-2-6-18-10/h9-11H,2-8H2,1H3,(H,14,16)(H,15,17)/t9-,10-,11-/m0/s1. The lowest BCUT2D eigenvalue weighted by Crippen LogP contribution is -2.47. The average Bonchev–Trinajstić information content (AvgIpc) is 3.07. The highest BCUT2D eigenvalue weighted by atomic mass is 16.5. The molecule has 2 fully saturated rings. The predicted octanol–water partition coefficient (Wildman–Crippen LogP) is -0.0347. The van der Waals surface area contributed by atoms with Crippen LogP contribution in [-0.2, 0) is 19.1 Å². The van der Waals surface area contributed by atoms with Crippen molar-refractivity contribution in [2.24, 2.45) is 0 Å². The van der Waals surface area contributed by atoms with Gasteiger partial charge in [0.15, 0.2) is 0 Å². The van der Waals surface area contributed by atoms with Crippen LogP contribution in [0.2, 0.25) is 0 Å². The molecule has 6 heteroatoms. The van der Waals surface area contributed by atoms with Gasteiger partial charge in [0, 0.05) is 25.8 Å². The Bertz CT molecular complexity index is 323. The third-order valence-electron chi connectivity index (χ3n) is 3.42. The molecule has 0 aliphatic carbocycles. The number of nitrogens with one attached hydrogen (secondary N) is 2. The Morgan fingerprint density at radius 1 is 1.11 bits per heavy atom. The molecule has 19 heavy (non-hydrogen) atoms. The van der Waals surface area contributed by atoms with E-state index in [2.05, 4.69) is 10.6 Å². The molecule has 2 N–H and O–H groups in total. The van der Waals surface area contributed by atoms with Crippen molar-refractivity contribution in [2.45, 2.75) is 50.9 Å². The van der Waals surface area contributed by atoms with Crippen LogP contribution in [0.15, 0.2) is 0 Å². The van der Waals surface area contributed by atoms with E-state index < -0.39 is 0 Å². The zero-order valence-electron chi connectivity index (χ0n) is 11.3. The Hall–Kier alpha value is -1.14. The van der Waals surface area contributed by atoms with Crippen molar-refractivity contribution in [3.8, 4) is 0 Å². The molecule has 3 atom stereocenters. The molecule has 108 valence electrons. The molecule has 0 saturated carbocycles. The van der Waals surface area contributed by atoms with Gasteiger partial charge in [0.25, 0.3) is 0 Å². The van der Waals surface area contributed by atoms with E-state index in [-0.39, 0.29) is 30.1 Å². The fourth-order valence-electron chi connectivity index (χ4n) is 2.32. The molecule has 0 aromatic carbocycles. The molecule has 0 unspecified atom stereocenters. The van der Waals surface area contributed by atoms with Gasteiger partial charge in [-0.3, -0.25) is 9.59 Å². The van der Waals surface area contributed by atoms with Crippen LogP contribution in [0, 0.1) is 0 Å². The van der Waals surface area contributed by atoms with Crippen LogP contribution in [0.25, 0.3) is 0 Å². The van der Waals surface area contributed by atoms with Crippen molar-refractivity contribution in [2.75, 3.05) is 19.8 Å². The van der Waals surface area contributed by atoms with E-state index in [9.17, 15) is 9.59 Å². The third-order valence-corrected chi connectivity index (χ3v) is 3.42. The van der Waals surface area contributed by atoms with Gasteiger partial charge >= 0.3 is 0 Å². The molecule has 2 saturated heterocycles. The van der Waals surface area contributed by atoms with E-state index in [0.717, 1.165) is 25.7 Å². The number of rotatable bonds is 5. The lowest BCUT2D eigenvalue weighted by atomic mass is 10.2. The van der Waals surface area contributed by atoms with Crippen LogP contribution in [0.5, 0.6) is 0 Å². The molecule has 2 aliphatic rings. The molecule has 2 amide bonds. The zero-order valence-corrected chi connectivity index (χ0v) is 11.3. The molecule has 0 aromatic heterocycles. The van der Waals surface area contributed by atoms with Crippen molar-refractivity contribution < 1.29 is 19.1 Å². The third kappa shape index (κ3) is 4.18. The SMILES string of the molecule is C[C@@H](CNC(=O)[C@@H]1CCCO1)NC(=O)[C@@H]1CCCO1. The van der Waals surface area contributed by atoms with Crippen molar-refractivity contribution >= 4 is 11.8 Å². The Morgan fingerprint density at radius 2 is 1.68 bits per heavy atom. The zero-order chi connectivity index (χ0) is 13.7. The minimum Gasteiger partial charge on any atom is -0.368 e. The Balaban J connectivity index is 1.64. The number of carbonyl (C=O) groups excluding carboxylic acids is 2. The summed E-state index contributed by atoms with van der Waals surface area (Å²) in [4.78, 5) is 23.5. The average molecular weight is 270 g/mol. The molecule has 2 aliphatic heterocycles. The summed E-state index contributed by atoms with van der Waals surface area (Å²) in [6.07, 6.45) is 2.78. The van der Waals surface area contributed by atoms with Gasteiger partial charge in [-0.1, -0.05) is 0 Å². The maximum atomic E-state index is 11.8. The quantitative estimate of drug-likeness (QED) is 0.735. The second-order valence-electron chi connectivity index (χ2n) is 5.16. The van der Waals surface area contributed by atoms with Crippen LogP contribution in [0.4, 0.5) is 0 Å². The Labute approximate surface area is 113 Å². The Morgan fingerprint density at radius 3 is 2.21 bits per heavy atom. The first kappa shape index (κ1) is 14.3. The summed E-state index contributed by atoms with van der Waals surface area (Å²) < 4.78 is 10.6. The summed E-state index contributed by atoms with van der Waals surface area (Å²) in [6, 6.07) is -0.109. The summed E-state index contributed by atoms with van der Waals surface area (Å²) in [5, 5.41) is 5.65. The van der Waals surface area contributed by atoms with Gasteiger partial charge in [0.1, 0.15) is 12.2 Å². The lowest BCUT2D eigenvalue weighted by molar-refractivity contribution is -0.132. The maximum Gasteiger partial charge on any atom is 0.249 e. The predicted molar refractivity (Wildman–Crippen MR) is 68.6 cm³/mol. The van der Waals surface area contributed by atoms with Gasteiger partial charge in [-0.2, -0.15) is 0 Å². The number of ether oxygens (including phenoxy) is 2. The van der Waals surface area contributed by atoms with Gasteiger partial charge in [0.2, 0.25) is 11.8 Å². The second kappa shape index (κ2) is 6.86. The van der Waals surface area contributed by atoms with Crippen LogP contribution < -0.4 is 10.6 Å². The van der Waals surface area contributed by atoms with Gasteiger partial charge in [-0.05, 0) is 32.6 Å². The van der Waals surface area contributed by atoms with Gasteiger partial charge in [0.05, 0.1) is 0 Å². The number of carbonyl (C=O) groups is 2. The molecule has 0 aromatic rings. The highest BCUT2D eigenvalue weighted by Crippen LogP contribution is 2.12. The molecule has 2 rings (SSSR count). The van der Waals surface area contributed by atoms with E-state index in [1.807, 2.05) is 6.92 Å². The summed E-state index contributed by atoms with van der Waals surface area (Å²) in [7, 11) is 0. The molecule has 0 radical (unpaired) electrons. The van der Waals surface area contributed by atoms with E-state index in [1.165, 1.54) is 0 Å². The normalized spacial score (nSPS) is 28.1. The first-order valence-corrected chi connectivity index (χ1v) is 6.98. The summed E-state index contributed by atoms with van der Waals surface area (Å²) in [5.41, 5.74) is 0. The molecule has 0 spiro atoms. The van der Waals surface area contributed by atoms with Crippen LogP contribution in [0.1, 0.15) is 32.6 Å². The fraction of sp³-hybridized carbons (Fsp3) is 0.846. The van der Waals surface area contributed by atoms with Gasteiger partial charge in [-0.15, -0.1) is 0 Å². The van der Waals surface area contributed by atoms with E-state index >= 15 is 0 Å². The number of hydrogen-bond acceptors (Lipinski definition) is 4. The second-order valence-corrected chi connectivity index (χ2v) is 5.16. The lowest BCUT2D eigenvalue weighted by Gasteiger charge is -2.18. The molecular weight excluding hydrogens is 248 g/mol. The first-order valence-electron chi connectivity index (χ1n) is 6.98. The number of amides is 2. The maximum absolute atomic E-state index is 11.8. The largest absolute Gasteiger partial charge is 0.368 e. The molecule has 0 bridgehead atoms. The van der Waals surface area contributed by atoms with E-state index in [0.29, 0.717) is 19.8 Å². The van der Waals surface area contributed by atoms with Gasteiger partial charge in [-0.25, -0.2) is 0 Å². The highest BCUT2D eigenvalue weighted by molar-refractivity contribution is 5.82. The van der Waals surface area contributed by atoms with E-state index in [4.69, 9.17) is 9.47 Å². The van der Waals surface area contributed by atoms with E-state index in [1.54, 1.807) is 0 Å². The van der Waals surface area contributed by atoms with Crippen LogP contribution >= 0.6 is 0 Å². The molecular formula is C13H22N2O4. The van der Waals surface area contributed by atoms with Crippen molar-refractivity contribution in [3.05, 3.63) is 0 Å². The monoisotopic (exact) mass is 270 g/mol. The first-order chi connectivity index (χ1) is 9.16. The van der Waals surface area contributed by atoms with Crippen LogP contribution in [0.3, 0.4) is 0 Å². The Kier molecular flexibility index (Phi) is 5.15.